The average molecular weight is 438 g/mol. The van der Waals surface area contributed by atoms with E-state index in [0.717, 1.165) is 30.2 Å². The fraction of sp³-hybridized carbons (Fsp3) is 0.538. The van der Waals surface area contributed by atoms with E-state index in [4.69, 9.17) is 10.2 Å². The van der Waals surface area contributed by atoms with E-state index in [1.807, 2.05) is 24.3 Å². The molecule has 1 aromatic heterocycles. The first kappa shape index (κ1) is 22.6. The smallest absolute Gasteiger partial charge is 0.291 e. The van der Waals surface area contributed by atoms with Gasteiger partial charge in [-0.1, -0.05) is 18.2 Å². The van der Waals surface area contributed by atoms with Crippen LogP contribution in [0.3, 0.4) is 0 Å². The number of hydrogen-bond donors (Lipinski definition) is 3. The van der Waals surface area contributed by atoms with Gasteiger partial charge < -0.3 is 20.8 Å². The fourth-order valence-electron chi connectivity index (χ4n) is 5.28. The van der Waals surface area contributed by atoms with Gasteiger partial charge in [0.05, 0.1) is 12.7 Å². The summed E-state index contributed by atoms with van der Waals surface area (Å²) in [6.45, 7) is 0. The molecule has 32 heavy (non-hydrogen) atoms. The van der Waals surface area contributed by atoms with Crippen LogP contribution in [0, 0.1) is 11.8 Å². The molecule has 0 unspecified atom stereocenters. The van der Waals surface area contributed by atoms with Gasteiger partial charge in [-0.05, 0) is 93.4 Å². The molecule has 4 N–H and O–H groups in total. The molecule has 2 aromatic rings. The minimum atomic E-state index is -0.318. The first-order valence-electron chi connectivity index (χ1n) is 12.0. The van der Waals surface area contributed by atoms with E-state index in [-0.39, 0.29) is 30.0 Å². The van der Waals surface area contributed by atoms with Crippen LogP contribution >= 0.6 is 0 Å². The SMILES string of the molecule is NC1CCC(CC2CCC(NC(=O)Cc3ccccc3NC(=O)c3ccco3)CC2)CC1. The minimum Gasteiger partial charge on any atom is -0.459 e. The Bertz CT molecular complexity index is 879. The molecule has 172 valence electrons. The van der Waals surface area contributed by atoms with Crippen molar-refractivity contribution in [2.24, 2.45) is 17.6 Å². The Morgan fingerprint density at radius 1 is 0.906 bits per heavy atom. The number of carbonyl (C=O) groups excluding carboxylic acids is 2. The number of nitrogens with two attached hydrogens (primary N) is 1. The van der Waals surface area contributed by atoms with E-state index in [1.165, 1.54) is 51.2 Å². The predicted octanol–water partition coefficient (Wildman–Crippen LogP) is 4.66. The van der Waals surface area contributed by atoms with E-state index in [9.17, 15) is 9.59 Å². The van der Waals surface area contributed by atoms with Crippen LogP contribution in [0.2, 0.25) is 0 Å². The number of carbonyl (C=O) groups is 2. The molecule has 2 aliphatic rings. The zero-order valence-corrected chi connectivity index (χ0v) is 18.7. The molecule has 2 aliphatic carbocycles. The quantitative estimate of drug-likeness (QED) is 0.587. The number of furan rings is 1. The lowest BCUT2D eigenvalue weighted by molar-refractivity contribution is -0.121. The van der Waals surface area contributed by atoms with Crippen molar-refractivity contribution in [3.05, 3.63) is 54.0 Å². The summed E-state index contributed by atoms with van der Waals surface area (Å²) in [5.41, 5.74) is 7.48. The lowest BCUT2D eigenvalue weighted by Crippen LogP contribution is -2.39. The Morgan fingerprint density at radius 3 is 2.28 bits per heavy atom. The van der Waals surface area contributed by atoms with E-state index in [2.05, 4.69) is 10.6 Å². The zero-order valence-electron chi connectivity index (χ0n) is 18.7. The Hall–Kier alpha value is -2.60. The third kappa shape index (κ3) is 6.22. The predicted molar refractivity (Wildman–Crippen MR) is 125 cm³/mol. The maximum absolute atomic E-state index is 12.7. The number of amides is 2. The van der Waals surface area contributed by atoms with Crippen LogP contribution in [-0.4, -0.2) is 23.9 Å². The Kier molecular flexibility index (Phi) is 7.63. The third-order valence-corrected chi connectivity index (χ3v) is 7.13. The molecule has 1 heterocycles. The molecule has 0 atom stereocenters. The number of nitrogens with one attached hydrogen (secondary N) is 2. The van der Waals surface area contributed by atoms with E-state index >= 15 is 0 Å². The molecule has 6 nitrogen and oxygen atoms in total. The van der Waals surface area contributed by atoms with Gasteiger partial charge in [-0.2, -0.15) is 0 Å². The molecule has 0 radical (unpaired) electrons. The molecule has 0 bridgehead atoms. The van der Waals surface area contributed by atoms with Gasteiger partial charge >= 0.3 is 0 Å². The summed E-state index contributed by atoms with van der Waals surface area (Å²) in [6, 6.07) is 11.4. The molecule has 2 saturated carbocycles. The minimum absolute atomic E-state index is 0.00872. The molecular weight excluding hydrogens is 402 g/mol. The number of anilines is 1. The van der Waals surface area contributed by atoms with Gasteiger partial charge in [0.1, 0.15) is 0 Å². The van der Waals surface area contributed by atoms with Gasteiger partial charge in [0.15, 0.2) is 5.76 Å². The number of rotatable bonds is 7. The Labute approximate surface area is 190 Å². The van der Waals surface area contributed by atoms with Crippen LogP contribution in [0.25, 0.3) is 0 Å². The van der Waals surface area contributed by atoms with Gasteiger partial charge in [0.25, 0.3) is 5.91 Å². The van der Waals surface area contributed by atoms with E-state index < -0.39 is 0 Å². The van der Waals surface area contributed by atoms with Crippen molar-refractivity contribution in [1.29, 1.82) is 0 Å². The van der Waals surface area contributed by atoms with Crippen molar-refractivity contribution in [1.82, 2.24) is 5.32 Å². The fourth-order valence-corrected chi connectivity index (χ4v) is 5.28. The third-order valence-electron chi connectivity index (χ3n) is 7.13. The van der Waals surface area contributed by atoms with E-state index in [0.29, 0.717) is 11.7 Å². The molecule has 6 heteroatoms. The van der Waals surface area contributed by atoms with Gasteiger partial charge in [0.2, 0.25) is 5.91 Å². The number of hydrogen-bond acceptors (Lipinski definition) is 4. The molecular formula is C26H35N3O3. The molecule has 1 aromatic carbocycles. The molecule has 0 saturated heterocycles. The second-order valence-electron chi connectivity index (χ2n) is 9.57. The van der Waals surface area contributed by atoms with Gasteiger partial charge in [-0.15, -0.1) is 0 Å². The van der Waals surface area contributed by atoms with Crippen molar-refractivity contribution in [2.75, 3.05) is 5.32 Å². The maximum atomic E-state index is 12.7. The van der Waals surface area contributed by atoms with Crippen LogP contribution in [0.4, 0.5) is 5.69 Å². The number of para-hydroxylation sites is 1. The van der Waals surface area contributed by atoms with Crippen molar-refractivity contribution < 1.29 is 14.0 Å². The second kappa shape index (κ2) is 10.8. The number of benzene rings is 1. The highest BCUT2D eigenvalue weighted by atomic mass is 16.3. The van der Waals surface area contributed by atoms with Crippen LogP contribution in [0.15, 0.2) is 47.1 Å². The summed E-state index contributed by atoms with van der Waals surface area (Å²) < 4.78 is 5.15. The molecule has 0 aliphatic heterocycles. The van der Waals surface area contributed by atoms with E-state index in [1.54, 1.807) is 12.1 Å². The largest absolute Gasteiger partial charge is 0.459 e. The summed E-state index contributed by atoms with van der Waals surface area (Å²) in [4.78, 5) is 25.0. The Morgan fingerprint density at radius 2 is 1.59 bits per heavy atom. The monoisotopic (exact) mass is 437 g/mol. The normalized spacial score (nSPS) is 25.8. The highest BCUT2D eigenvalue weighted by molar-refractivity contribution is 6.03. The van der Waals surface area contributed by atoms with Gasteiger partial charge in [-0.25, -0.2) is 0 Å². The van der Waals surface area contributed by atoms with Gasteiger partial charge in [0, 0.05) is 17.8 Å². The van der Waals surface area contributed by atoms with Crippen LogP contribution < -0.4 is 16.4 Å². The summed E-state index contributed by atoms with van der Waals surface area (Å²) >= 11 is 0. The highest BCUT2D eigenvalue weighted by Crippen LogP contribution is 2.35. The zero-order chi connectivity index (χ0) is 22.3. The van der Waals surface area contributed by atoms with Crippen molar-refractivity contribution in [3.8, 4) is 0 Å². The van der Waals surface area contributed by atoms with Crippen LogP contribution in [-0.2, 0) is 11.2 Å². The molecule has 4 rings (SSSR count). The molecule has 2 fully saturated rings. The summed E-state index contributed by atoms with van der Waals surface area (Å²) in [5, 5.41) is 6.07. The lowest BCUT2D eigenvalue weighted by atomic mass is 9.76. The van der Waals surface area contributed by atoms with Crippen molar-refractivity contribution in [3.63, 3.8) is 0 Å². The lowest BCUT2D eigenvalue weighted by Gasteiger charge is -2.33. The van der Waals surface area contributed by atoms with Gasteiger partial charge in [-0.3, -0.25) is 9.59 Å². The maximum Gasteiger partial charge on any atom is 0.291 e. The Balaban J connectivity index is 1.23. The average Bonchev–Trinajstić information content (AvgIpc) is 3.33. The van der Waals surface area contributed by atoms with Crippen LogP contribution in [0.5, 0.6) is 0 Å². The first-order chi connectivity index (χ1) is 15.6. The standard InChI is InChI=1S/C26H35N3O3/c27-21-11-7-18(8-12-21)16-19-9-13-22(14-10-19)28-25(30)17-20-4-1-2-5-23(20)29-26(31)24-6-3-15-32-24/h1-6,15,18-19,21-22H,7-14,16-17,27H2,(H,28,30)(H,29,31). The van der Waals surface area contributed by atoms with Crippen molar-refractivity contribution in [2.45, 2.75) is 76.3 Å². The second-order valence-corrected chi connectivity index (χ2v) is 9.57. The topological polar surface area (TPSA) is 97.4 Å². The summed E-state index contributed by atoms with van der Waals surface area (Å²) in [7, 11) is 0. The molecule has 2 amide bonds. The summed E-state index contributed by atoms with van der Waals surface area (Å²) in [5.74, 6) is 1.58. The highest BCUT2D eigenvalue weighted by Gasteiger charge is 2.27. The first-order valence-corrected chi connectivity index (χ1v) is 12.0. The van der Waals surface area contributed by atoms with Crippen LogP contribution in [0.1, 0.15) is 73.9 Å². The van der Waals surface area contributed by atoms with Crippen molar-refractivity contribution >= 4 is 17.5 Å². The molecule has 0 spiro atoms. The summed E-state index contributed by atoms with van der Waals surface area (Å²) in [6.07, 6.45) is 12.5.